The summed E-state index contributed by atoms with van der Waals surface area (Å²) in [5.74, 6) is 2.00. The Balaban J connectivity index is -0.00000132. The molecule has 8 heteroatoms. The van der Waals surface area contributed by atoms with Crippen molar-refractivity contribution in [1.82, 2.24) is 21.3 Å². The van der Waals surface area contributed by atoms with Crippen molar-refractivity contribution in [3.8, 4) is 0 Å². The number of rotatable bonds is 16. The van der Waals surface area contributed by atoms with Crippen LogP contribution in [0.2, 0.25) is 0 Å². The number of halogens is 4. The lowest BCUT2D eigenvalue weighted by Gasteiger charge is -2.04. The second-order valence-electron chi connectivity index (χ2n) is 6.88. The highest BCUT2D eigenvalue weighted by molar-refractivity contribution is 5.86. The van der Waals surface area contributed by atoms with Gasteiger partial charge in [-0.1, -0.05) is 12.2 Å². The molecule has 2 saturated carbocycles. The van der Waals surface area contributed by atoms with E-state index in [-0.39, 0.29) is 49.6 Å². The van der Waals surface area contributed by atoms with Crippen LogP contribution in [-0.4, -0.2) is 52.4 Å². The first-order chi connectivity index (χ1) is 10.9. The fourth-order valence-corrected chi connectivity index (χ4v) is 2.47. The molecule has 2 aliphatic carbocycles. The monoisotopic (exact) mass is 452 g/mol. The summed E-state index contributed by atoms with van der Waals surface area (Å²) in [4.78, 5) is 0. The fourth-order valence-electron chi connectivity index (χ4n) is 2.47. The van der Waals surface area contributed by atoms with E-state index in [2.05, 4.69) is 33.4 Å². The average molecular weight is 454 g/mol. The lowest BCUT2D eigenvalue weighted by Crippen LogP contribution is -2.24. The van der Waals surface area contributed by atoms with Crippen LogP contribution < -0.4 is 21.3 Å². The Kier molecular flexibility index (Phi) is 26.6. The molecule has 4 N–H and O–H groups in total. The fraction of sp³-hybridized carbons (Fsp3) is 0.889. The molecule has 0 spiro atoms. The molecule has 0 aromatic rings. The molecule has 0 radical (unpaired) electrons. The van der Waals surface area contributed by atoms with Gasteiger partial charge in [0.1, 0.15) is 0 Å². The smallest absolute Gasteiger partial charge is 0.0135 e. The molecule has 0 unspecified atom stereocenters. The third kappa shape index (κ3) is 21.0. The van der Waals surface area contributed by atoms with E-state index < -0.39 is 0 Å². The van der Waals surface area contributed by atoms with Crippen LogP contribution in [0.4, 0.5) is 0 Å². The summed E-state index contributed by atoms with van der Waals surface area (Å²) >= 11 is 0. The molecule has 2 fully saturated rings. The molecule has 160 valence electrons. The van der Waals surface area contributed by atoms with Crippen molar-refractivity contribution >= 4 is 49.6 Å². The summed E-state index contributed by atoms with van der Waals surface area (Å²) in [5.41, 5.74) is 0. The van der Waals surface area contributed by atoms with Gasteiger partial charge >= 0.3 is 0 Å². The minimum absolute atomic E-state index is 0. The predicted molar refractivity (Wildman–Crippen MR) is 124 cm³/mol. The molecular weight excluding hydrogens is 414 g/mol. The van der Waals surface area contributed by atoms with Crippen molar-refractivity contribution in [1.29, 1.82) is 0 Å². The quantitative estimate of drug-likeness (QED) is 0.214. The Hall–Kier alpha value is 0.740. The molecule has 0 saturated heterocycles. The summed E-state index contributed by atoms with van der Waals surface area (Å²) in [6, 6.07) is 0. The average Bonchev–Trinajstić information content (AvgIpc) is 3.41. The molecule has 0 atom stereocenters. The Bertz CT molecular complexity index is 273. The Labute approximate surface area is 185 Å². The molecule has 0 aliphatic heterocycles. The van der Waals surface area contributed by atoms with Gasteiger partial charge < -0.3 is 21.3 Å². The highest BCUT2D eigenvalue weighted by atomic mass is 35.5. The molecule has 0 aromatic carbocycles. The van der Waals surface area contributed by atoms with Crippen molar-refractivity contribution in [3.05, 3.63) is 12.2 Å². The molecule has 0 amide bonds. The normalized spacial score (nSPS) is 15.5. The third-order valence-corrected chi connectivity index (χ3v) is 4.37. The van der Waals surface area contributed by atoms with E-state index in [1.54, 1.807) is 0 Å². The van der Waals surface area contributed by atoms with Crippen LogP contribution in [0.5, 0.6) is 0 Å². The molecular formula is C18H40Cl4N4. The third-order valence-electron chi connectivity index (χ3n) is 4.37. The van der Waals surface area contributed by atoms with Gasteiger partial charge in [0.2, 0.25) is 0 Å². The first-order valence-corrected chi connectivity index (χ1v) is 9.43. The zero-order valence-corrected chi connectivity index (χ0v) is 19.1. The second-order valence-corrected chi connectivity index (χ2v) is 6.88. The van der Waals surface area contributed by atoms with Crippen molar-refractivity contribution in [2.75, 3.05) is 52.4 Å². The minimum atomic E-state index is 0. The van der Waals surface area contributed by atoms with Gasteiger partial charge in [0.15, 0.2) is 0 Å². The standard InChI is InChI=1S/C18H36N4.4ClH/c1(9-19-11-3-13-21-15-17-5-6-17)2-10-20-12-4-14-22-16-18-7-8-18;;;;/h1-2,17-22H,3-16H2;4*1H/b2-1+;;;;. The first-order valence-electron chi connectivity index (χ1n) is 9.43. The number of hydrogen-bond donors (Lipinski definition) is 4. The Morgan fingerprint density at radius 2 is 0.885 bits per heavy atom. The van der Waals surface area contributed by atoms with Gasteiger partial charge in [-0.2, -0.15) is 0 Å². The van der Waals surface area contributed by atoms with Crippen molar-refractivity contribution in [3.63, 3.8) is 0 Å². The van der Waals surface area contributed by atoms with E-state index in [1.807, 2.05) is 0 Å². The van der Waals surface area contributed by atoms with Crippen molar-refractivity contribution in [2.45, 2.75) is 38.5 Å². The summed E-state index contributed by atoms with van der Waals surface area (Å²) in [5, 5.41) is 14.0. The lowest BCUT2D eigenvalue weighted by molar-refractivity contribution is 0.588. The summed E-state index contributed by atoms with van der Waals surface area (Å²) < 4.78 is 0. The van der Waals surface area contributed by atoms with Crippen molar-refractivity contribution < 1.29 is 0 Å². The maximum Gasteiger partial charge on any atom is 0.0135 e. The van der Waals surface area contributed by atoms with Gasteiger partial charge in [0.25, 0.3) is 0 Å². The van der Waals surface area contributed by atoms with Crippen LogP contribution in [0, 0.1) is 11.8 Å². The number of hydrogen-bond acceptors (Lipinski definition) is 4. The van der Waals surface area contributed by atoms with Gasteiger partial charge in [-0.15, -0.1) is 49.6 Å². The van der Waals surface area contributed by atoms with Gasteiger partial charge in [-0.25, -0.2) is 0 Å². The minimum Gasteiger partial charge on any atom is -0.316 e. The second kappa shape index (κ2) is 22.0. The molecule has 0 heterocycles. The van der Waals surface area contributed by atoms with E-state index in [1.165, 1.54) is 51.6 Å². The van der Waals surface area contributed by atoms with Crippen molar-refractivity contribution in [2.24, 2.45) is 11.8 Å². The van der Waals surface area contributed by atoms with E-state index in [4.69, 9.17) is 0 Å². The van der Waals surface area contributed by atoms with E-state index in [0.717, 1.165) is 51.1 Å². The Morgan fingerprint density at radius 1 is 0.538 bits per heavy atom. The zero-order valence-electron chi connectivity index (χ0n) is 15.8. The van der Waals surface area contributed by atoms with E-state index in [9.17, 15) is 0 Å². The van der Waals surface area contributed by atoms with Crippen LogP contribution in [-0.2, 0) is 0 Å². The molecule has 0 aromatic heterocycles. The van der Waals surface area contributed by atoms with E-state index in [0.29, 0.717) is 0 Å². The molecule has 0 bridgehead atoms. The highest BCUT2D eigenvalue weighted by Gasteiger charge is 2.20. The molecule has 2 aliphatic rings. The highest BCUT2D eigenvalue weighted by Crippen LogP contribution is 2.27. The summed E-state index contributed by atoms with van der Waals surface area (Å²) in [7, 11) is 0. The summed E-state index contributed by atoms with van der Waals surface area (Å²) in [6.45, 7) is 9.00. The van der Waals surface area contributed by atoms with Crippen LogP contribution in [0.3, 0.4) is 0 Å². The van der Waals surface area contributed by atoms with E-state index >= 15 is 0 Å². The number of nitrogens with one attached hydrogen (secondary N) is 4. The predicted octanol–water partition coefficient (Wildman–Crippen LogP) is 3.19. The van der Waals surface area contributed by atoms with Gasteiger partial charge in [0.05, 0.1) is 0 Å². The van der Waals surface area contributed by atoms with Crippen LogP contribution in [0.15, 0.2) is 12.2 Å². The van der Waals surface area contributed by atoms with Crippen LogP contribution in [0.25, 0.3) is 0 Å². The van der Waals surface area contributed by atoms with Gasteiger partial charge in [-0.3, -0.25) is 0 Å². The van der Waals surface area contributed by atoms with Gasteiger partial charge in [0, 0.05) is 13.1 Å². The maximum atomic E-state index is 3.52. The largest absolute Gasteiger partial charge is 0.316 e. The van der Waals surface area contributed by atoms with Crippen LogP contribution >= 0.6 is 49.6 Å². The topological polar surface area (TPSA) is 48.1 Å². The molecule has 4 nitrogen and oxygen atoms in total. The van der Waals surface area contributed by atoms with Crippen LogP contribution in [0.1, 0.15) is 38.5 Å². The molecule has 26 heavy (non-hydrogen) atoms. The zero-order chi connectivity index (χ0) is 15.3. The molecule has 2 rings (SSSR count). The van der Waals surface area contributed by atoms with Gasteiger partial charge in [-0.05, 0) is 89.6 Å². The summed E-state index contributed by atoms with van der Waals surface area (Å²) in [6.07, 6.45) is 12.7. The first kappa shape index (κ1) is 31.4. The lowest BCUT2D eigenvalue weighted by atomic mass is 10.3. The Morgan fingerprint density at radius 3 is 1.23 bits per heavy atom. The SMILES string of the molecule is C(=C\CNCCCNCC1CC1)/CNCCCNCC1CC1.Cl.Cl.Cl.Cl. The maximum absolute atomic E-state index is 3.52.